The number of phenols is 1. The van der Waals surface area contributed by atoms with Gasteiger partial charge in [0.15, 0.2) is 18.1 Å². The standard InChI is InChI=1S/C14H20N2O4/c1-3-9(2)13(14(15)19)16-12(18)8-20-11-7-5-4-6-10(11)17/h4-7,9,13,17H,3,8H2,1-2H3,(H2,15,19)(H,16,18). The minimum atomic E-state index is -0.722. The second-order valence-electron chi connectivity index (χ2n) is 4.59. The molecule has 0 saturated carbocycles. The summed E-state index contributed by atoms with van der Waals surface area (Å²) in [6, 6.07) is 5.61. The molecule has 6 nitrogen and oxygen atoms in total. The normalized spacial score (nSPS) is 13.3. The van der Waals surface area contributed by atoms with E-state index in [9.17, 15) is 14.7 Å². The van der Waals surface area contributed by atoms with Crippen molar-refractivity contribution in [2.24, 2.45) is 11.7 Å². The van der Waals surface area contributed by atoms with Gasteiger partial charge in [-0.25, -0.2) is 0 Å². The fourth-order valence-corrected chi connectivity index (χ4v) is 1.67. The maximum absolute atomic E-state index is 11.7. The van der Waals surface area contributed by atoms with Gasteiger partial charge in [-0.2, -0.15) is 0 Å². The maximum atomic E-state index is 11.7. The van der Waals surface area contributed by atoms with Crippen molar-refractivity contribution < 1.29 is 19.4 Å². The van der Waals surface area contributed by atoms with E-state index in [1.807, 2.05) is 13.8 Å². The monoisotopic (exact) mass is 280 g/mol. The highest BCUT2D eigenvalue weighted by Crippen LogP contribution is 2.24. The number of phenolic OH excluding ortho intramolecular Hbond substituents is 1. The summed E-state index contributed by atoms with van der Waals surface area (Å²) in [6.45, 7) is 3.45. The van der Waals surface area contributed by atoms with Crippen molar-refractivity contribution in [3.8, 4) is 11.5 Å². The molecule has 0 aromatic heterocycles. The minimum absolute atomic E-state index is 0.0475. The van der Waals surface area contributed by atoms with Gasteiger partial charge in [-0.05, 0) is 18.1 Å². The maximum Gasteiger partial charge on any atom is 0.258 e. The predicted molar refractivity (Wildman–Crippen MR) is 74.2 cm³/mol. The van der Waals surface area contributed by atoms with Gasteiger partial charge in [0.2, 0.25) is 5.91 Å². The first kappa shape index (κ1) is 15.8. The Balaban J connectivity index is 2.55. The van der Waals surface area contributed by atoms with E-state index < -0.39 is 17.9 Å². The Labute approximate surface area is 117 Å². The molecular formula is C14H20N2O4. The van der Waals surface area contributed by atoms with E-state index in [1.165, 1.54) is 6.07 Å². The van der Waals surface area contributed by atoms with Crippen molar-refractivity contribution in [3.63, 3.8) is 0 Å². The van der Waals surface area contributed by atoms with Gasteiger partial charge >= 0.3 is 0 Å². The lowest BCUT2D eigenvalue weighted by molar-refractivity contribution is -0.129. The zero-order valence-electron chi connectivity index (χ0n) is 11.6. The van der Waals surface area contributed by atoms with E-state index in [0.717, 1.165) is 0 Å². The highest BCUT2D eigenvalue weighted by molar-refractivity contribution is 5.87. The molecule has 4 N–H and O–H groups in total. The van der Waals surface area contributed by atoms with Gasteiger partial charge in [-0.3, -0.25) is 9.59 Å². The SMILES string of the molecule is CCC(C)C(NC(=O)COc1ccccc1O)C(N)=O. The van der Waals surface area contributed by atoms with E-state index in [4.69, 9.17) is 10.5 Å². The van der Waals surface area contributed by atoms with Crippen molar-refractivity contribution in [1.82, 2.24) is 5.32 Å². The predicted octanol–water partition coefficient (Wildman–Crippen LogP) is 0.787. The molecule has 1 aromatic carbocycles. The number of rotatable bonds is 7. The van der Waals surface area contributed by atoms with Crippen molar-refractivity contribution >= 4 is 11.8 Å². The Kier molecular flexibility index (Phi) is 5.83. The summed E-state index contributed by atoms with van der Waals surface area (Å²) in [5.74, 6) is -0.926. The van der Waals surface area contributed by atoms with Crippen LogP contribution < -0.4 is 15.8 Å². The third-order valence-corrected chi connectivity index (χ3v) is 3.06. The van der Waals surface area contributed by atoms with Crippen LogP contribution in [0, 0.1) is 5.92 Å². The van der Waals surface area contributed by atoms with E-state index in [0.29, 0.717) is 6.42 Å². The molecule has 0 aliphatic carbocycles. The zero-order chi connectivity index (χ0) is 15.1. The number of carbonyl (C=O) groups excluding carboxylic acids is 2. The number of aromatic hydroxyl groups is 1. The summed E-state index contributed by atoms with van der Waals surface area (Å²) >= 11 is 0. The molecule has 2 atom stereocenters. The number of amides is 2. The van der Waals surface area contributed by atoms with Crippen LogP contribution in [0.25, 0.3) is 0 Å². The number of nitrogens with two attached hydrogens (primary N) is 1. The molecule has 0 fully saturated rings. The number of ether oxygens (including phenoxy) is 1. The average Bonchev–Trinajstić information content (AvgIpc) is 2.42. The van der Waals surface area contributed by atoms with Gasteiger partial charge in [0.25, 0.3) is 5.91 Å². The van der Waals surface area contributed by atoms with Gasteiger partial charge in [-0.1, -0.05) is 32.4 Å². The Morgan fingerprint density at radius 2 is 2.05 bits per heavy atom. The minimum Gasteiger partial charge on any atom is -0.504 e. The zero-order valence-corrected chi connectivity index (χ0v) is 11.6. The number of hydrogen-bond acceptors (Lipinski definition) is 4. The van der Waals surface area contributed by atoms with Crippen molar-refractivity contribution in [2.75, 3.05) is 6.61 Å². The van der Waals surface area contributed by atoms with Crippen LogP contribution in [0.2, 0.25) is 0 Å². The van der Waals surface area contributed by atoms with Crippen LogP contribution in [0.1, 0.15) is 20.3 Å². The fourth-order valence-electron chi connectivity index (χ4n) is 1.67. The van der Waals surface area contributed by atoms with Crippen LogP contribution in [-0.2, 0) is 9.59 Å². The first-order valence-corrected chi connectivity index (χ1v) is 6.45. The van der Waals surface area contributed by atoms with E-state index in [1.54, 1.807) is 18.2 Å². The molecule has 2 unspecified atom stereocenters. The Hall–Kier alpha value is -2.24. The molecule has 0 saturated heterocycles. The summed E-state index contributed by atoms with van der Waals surface area (Å²) in [5.41, 5.74) is 5.26. The summed E-state index contributed by atoms with van der Waals surface area (Å²) < 4.78 is 5.18. The lowest BCUT2D eigenvalue weighted by Gasteiger charge is -2.21. The molecule has 1 rings (SSSR count). The summed E-state index contributed by atoms with van der Waals surface area (Å²) in [6.07, 6.45) is 0.716. The molecule has 6 heteroatoms. The molecule has 110 valence electrons. The molecule has 0 aliphatic heterocycles. The number of benzene rings is 1. The third kappa shape index (κ3) is 4.46. The van der Waals surface area contributed by atoms with E-state index in [2.05, 4.69) is 5.32 Å². The van der Waals surface area contributed by atoms with Crippen LogP contribution in [0.3, 0.4) is 0 Å². The first-order chi connectivity index (χ1) is 9.45. The second-order valence-corrected chi connectivity index (χ2v) is 4.59. The van der Waals surface area contributed by atoms with Crippen molar-refractivity contribution in [2.45, 2.75) is 26.3 Å². The first-order valence-electron chi connectivity index (χ1n) is 6.45. The molecule has 0 heterocycles. The average molecular weight is 280 g/mol. The van der Waals surface area contributed by atoms with Crippen LogP contribution in [0.15, 0.2) is 24.3 Å². The summed E-state index contributed by atoms with van der Waals surface area (Å²) in [7, 11) is 0. The van der Waals surface area contributed by atoms with Gasteiger partial charge in [0, 0.05) is 0 Å². The summed E-state index contributed by atoms with van der Waals surface area (Å²) in [5, 5.41) is 12.0. The van der Waals surface area contributed by atoms with E-state index >= 15 is 0 Å². The van der Waals surface area contributed by atoms with Crippen LogP contribution in [-0.4, -0.2) is 29.6 Å². The fraction of sp³-hybridized carbons (Fsp3) is 0.429. The molecule has 0 bridgehead atoms. The highest BCUT2D eigenvalue weighted by Gasteiger charge is 2.23. The van der Waals surface area contributed by atoms with Crippen LogP contribution >= 0.6 is 0 Å². The van der Waals surface area contributed by atoms with Gasteiger partial charge in [0.05, 0.1) is 0 Å². The Morgan fingerprint density at radius 1 is 1.40 bits per heavy atom. The highest BCUT2D eigenvalue weighted by atomic mass is 16.5. The second kappa shape index (κ2) is 7.37. The van der Waals surface area contributed by atoms with Crippen molar-refractivity contribution in [1.29, 1.82) is 0 Å². The number of hydrogen-bond donors (Lipinski definition) is 3. The molecule has 0 radical (unpaired) electrons. The van der Waals surface area contributed by atoms with Crippen LogP contribution in [0.5, 0.6) is 11.5 Å². The smallest absolute Gasteiger partial charge is 0.258 e. The largest absolute Gasteiger partial charge is 0.504 e. The topological polar surface area (TPSA) is 102 Å². The Bertz CT molecular complexity index is 476. The van der Waals surface area contributed by atoms with E-state index in [-0.39, 0.29) is 24.0 Å². The van der Waals surface area contributed by atoms with Gasteiger partial charge < -0.3 is 20.9 Å². The lowest BCUT2D eigenvalue weighted by Crippen LogP contribution is -2.49. The molecule has 0 spiro atoms. The van der Waals surface area contributed by atoms with Gasteiger partial charge in [0.1, 0.15) is 6.04 Å². The molecule has 2 amide bonds. The quantitative estimate of drug-likeness (QED) is 0.687. The lowest BCUT2D eigenvalue weighted by atomic mass is 9.99. The molecule has 0 aliphatic rings. The molecule has 20 heavy (non-hydrogen) atoms. The third-order valence-electron chi connectivity index (χ3n) is 3.06. The van der Waals surface area contributed by atoms with Crippen LogP contribution in [0.4, 0.5) is 0 Å². The number of primary amides is 1. The van der Waals surface area contributed by atoms with Crippen molar-refractivity contribution in [3.05, 3.63) is 24.3 Å². The number of nitrogens with one attached hydrogen (secondary N) is 1. The van der Waals surface area contributed by atoms with Gasteiger partial charge in [-0.15, -0.1) is 0 Å². The Morgan fingerprint density at radius 3 is 2.60 bits per heavy atom. The number of carbonyl (C=O) groups is 2. The molecular weight excluding hydrogens is 260 g/mol. The molecule has 1 aromatic rings. The summed E-state index contributed by atoms with van der Waals surface area (Å²) in [4.78, 5) is 23.0. The number of para-hydroxylation sites is 2.